The van der Waals surface area contributed by atoms with Gasteiger partial charge in [0.1, 0.15) is 6.10 Å². The molecule has 0 radical (unpaired) electrons. The third-order valence-electron chi connectivity index (χ3n) is 4.46. The van der Waals surface area contributed by atoms with Gasteiger partial charge in [-0.25, -0.2) is 0 Å². The average Bonchev–Trinajstić information content (AvgIpc) is 3.25. The van der Waals surface area contributed by atoms with E-state index in [4.69, 9.17) is 13.6 Å². The van der Waals surface area contributed by atoms with Crippen LogP contribution in [0.15, 0.2) is 0 Å². The first-order chi connectivity index (χ1) is 10.8. The monoisotopic (exact) mass is 360 g/mol. The Morgan fingerprint density at radius 3 is 2.04 bits per heavy atom. The number of epoxide rings is 1. The van der Waals surface area contributed by atoms with Crippen LogP contribution in [-0.2, 0) is 13.6 Å². The maximum Gasteiger partial charge on any atom is 0.173 e. The van der Waals surface area contributed by atoms with E-state index in [0.717, 1.165) is 26.2 Å². The zero-order valence-electron chi connectivity index (χ0n) is 16.3. The third kappa shape index (κ3) is 12.3. The molecular weight excluding hydrogens is 320 g/mol. The molecule has 1 aliphatic rings. The molecule has 0 aromatic heterocycles. The van der Waals surface area contributed by atoms with Gasteiger partial charge in [0, 0.05) is 6.61 Å². The molecule has 0 aromatic rings. The summed E-state index contributed by atoms with van der Waals surface area (Å²) in [4.78, 5) is 0. The molecule has 1 rings (SSSR count). The molecule has 138 valence electrons. The number of ether oxygens (including phenoxy) is 2. The second-order valence-electron chi connectivity index (χ2n) is 8.27. The van der Waals surface area contributed by atoms with Crippen molar-refractivity contribution in [2.75, 3.05) is 19.8 Å². The third-order valence-corrected chi connectivity index (χ3v) is 12.0. The van der Waals surface area contributed by atoms with Crippen molar-refractivity contribution < 1.29 is 13.6 Å². The lowest BCUT2D eigenvalue weighted by Crippen LogP contribution is -2.44. The van der Waals surface area contributed by atoms with Crippen molar-refractivity contribution in [2.45, 2.75) is 96.2 Å². The number of unbranched alkanes of at least 4 members (excludes halogenated alkanes) is 5. The summed E-state index contributed by atoms with van der Waals surface area (Å²) in [6, 6.07) is 2.54. The lowest BCUT2D eigenvalue weighted by atomic mass is 10.1. The minimum Gasteiger partial charge on any atom is -0.455 e. The predicted octanol–water partition coefficient (Wildman–Crippen LogP) is 5.58. The van der Waals surface area contributed by atoms with E-state index in [-0.39, 0.29) is 0 Å². The fraction of sp³-hybridized carbons (Fsp3) is 1.00. The Balaban J connectivity index is 2.08. The van der Waals surface area contributed by atoms with Crippen LogP contribution in [-0.4, -0.2) is 42.6 Å². The Hall–Kier alpha value is 0.314. The molecule has 1 aliphatic heterocycles. The molecule has 3 nitrogen and oxygen atoms in total. The molecule has 0 N–H and O–H groups in total. The number of rotatable bonds is 15. The summed E-state index contributed by atoms with van der Waals surface area (Å²) in [5, 5.41) is 0. The van der Waals surface area contributed by atoms with Crippen molar-refractivity contribution >= 4 is 16.6 Å². The SMILES string of the molecule is CCCCCCCC[Si](C)(C)O[Si](C)(C)CCCOCC1CO1. The van der Waals surface area contributed by atoms with Crippen molar-refractivity contribution in [3.63, 3.8) is 0 Å². The molecule has 23 heavy (non-hydrogen) atoms. The Bertz CT molecular complexity index is 305. The lowest BCUT2D eigenvalue weighted by Gasteiger charge is -2.34. The summed E-state index contributed by atoms with van der Waals surface area (Å²) in [7, 11) is -3.01. The molecule has 0 aliphatic carbocycles. The van der Waals surface area contributed by atoms with Crippen molar-refractivity contribution in [3.05, 3.63) is 0 Å². The van der Waals surface area contributed by atoms with Crippen LogP contribution in [0.4, 0.5) is 0 Å². The highest BCUT2D eigenvalue weighted by atomic mass is 28.4. The second-order valence-corrected chi connectivity index (χ2v) is 17.1. The summed E-state index contributed by atoms with van der Waals surface area (Å²) in [5.41, 5.74) is 0. The Morgan fingerprint density at radius 2 is 1.43 bits per heavy atom. The van der Waals surface area contributed by atoms with Crippen molar-refractivity contribution in [2.24, 2.45) is 0 Å². The van der Waals surface area contributed by atoms with Crippen LogP contribution in [0.1, 0.15) is 51.9 Å². The Morgan fingerprint density at radius 1 is 0.870 bits per heavy atom. The molecule has 0 bridgehead atoms. The lowest BCUT2D eigenvalue weighted by molar-refractivity contribution is 0.116. The van der Waals surface area contributed by atoms with Gasteiger partial charge in [-0.1, -0.05) is 45.4 Å². The predicted molar refractivity (Wildman–Crippen MR) is 104 cm³/mol. The average molecular weight is 361 g/mol. The van der Waals surface area contributed by atoms with Gasteiger partial charge in [-0.2, -0.15) is 0 Å². The first-order valence-electron chi connectivity index (χ1n) is 9.74. The number of hydrogen-bond acceptors (Lipinski definition) is 3. The number of hydrogen-bond donors (Lipinski definition) is 0. The van der Waals surface area contributed by atoms with Gasteiger partial charge in [0.25, 0.3) is 0 Å². The van der Waals surface area contributed by atoms with E-state index in [1.54, 1.807) is 0 Å². The van der Waals surface area contributed by atoms with Crippen LogP contribution in [0, 0.1) is 0 Å². The van der Waals surface area contributed by atoms with Gasteiger partial charge in [-0.3, -0.25) is 0 Å². The zero-order valence-corrected chi connectivity index (χ0v) is 18.3. The van der Waals surface area contributed by atoms with Crippen LogP contribution in [0.3, 0.4) is 0 Å². The van der Waals surface area contributed by atoms with Crippen LogP contribution >= 0.6 is 0 Å². The molecular formula is C18H40O3Si2. The van der Waals surface area contributed by atoms with E-state index in [9.17, 15) is 0 Å². The quantitative estimate of drug-likeness (QED) is 0.217. The minimum atomic E-state index is -1.53. The van der Waals surface area contributed by atoms with E-state index in [0.29, 0.717) is 6.10 Å². The van der Waals surface area contributed by atoms with Gasteiger partial charge in [-0.05, 0) is 44.7 Å². The topological polar surface area (TPSA) is 31.0 Å². The molecule has 0 saturated carbocycles. The Kier molecular flexibility index (Phi) is 10.2. The fourth-order valence-electron chi connectivity index (χ4n) is 3.16. The van der Waals surface area contributed by atoms with Crippen LogP contribution in [0.2, 0.25) is 38.3 Å². The summed E-state index contributed by atoms with van der Waals surface area (Å²) >= 11 is 0. The maximum atomic E-state index is 6.69. The van der Waals surface area contributed by atoms with Crippen LogP contribution < -0.4 is 0 Å². The highest BCUT2D eigenvalue weighted by Gasteiger charge is 2.32. The van der Waals surface area contributed by atoms with E-state index < -0.39 is 16.6 Å². The first kappa shape index (κ1) is 21.4. The molecule has 1 atom stereocenters. The summed E-state index contributed by atoms with van der Waals surface area (Å²) in [6.07, 6.45) is 9.81. The van der Waals surface area contributed by atoms with E-state index in [1.807, 2.05) is 0 Å². The molecule has 0 spiro atoms. The van der Waals surface area contributed by atoms with Crippen molar-refractivity contribution in [1.29, 1.82) is 0 Å². The second kappa shape index (κ2) is 11.0. The highest BCUT2D eigenvalue weighted by Crippen LogP contribution is 2.25. The van der Waals surface area contributed by atoms with Crippen LogP contribution in [0.5, 0.6) is 0 Å². The molecule has 1 fully saturated rings. The van der Waals surface area contributed by atoms with E-state index in [1.165, 1.54) is 50.6 Å². The first-order valence-corrected chi connectivity index (χ1v) is 16.0. The van der Waals surface area contributed by atoms with Gasteiger partial charge in [0.2, 0.25) is 0 Å². The van der Waals surface area contributed by atoms with Crippen molar-refractivity contribution in [1.82, 2.24) is 0 Å². The smallest absolute Gasteiger partial charge is 0.173 e. The summed E-state index contributed by atoms with van der Waals surface area (Å²) in [6.45, 7) is 14.4. The van der Waals surface area contributed by atoms with Gasteiger partial charge < -0.3 is 13.6 Å². The molecule has 1 saturated heterocycles. The van der Waals surface area contributed by atoms with Gasteiger partial charge >= 0.3 is 0 Å². The molecule has 5 heteroatoms. The molecule has 0 aromatic carbocycles. The summed E-state index contributed by atoms with van der Waals surface area (Å²) in [5.74, 6) is 0. The molecule has 1 unspecified atom stereocenters. The largest absolute Gasteiger partial charge is 0.455 e. The van der Waals surface area contributed by atoms with Crippen molar-refractivity contribution in [3.8, 4) is 0 Å². The molecule has 0 amide bonds. The van der Waals surface area contributed by atoms with Gasteiger partial charge in [0.15, 0.2) is 16.6 Å². The summed E-state index contributed by atoms with van der Waals surface area (Å²) < 4.78 is 17.5. The fourth-order valence-corrected chi connectivity index (χ4v) is 12.1. The van der Waals surface area contributed by atoms with Crippen LogP contribution in [0.25, 0.3) is 0 Å². The van der Waals surface area contributed by atoms with Gasteiger partial charge in [-0.15, -0.1) is 0 Å². The maximum absolute atomic E-state index is 6.69. The zero-order chi connectivity index (χ0) is 17.2. The van der Waals surface area contributed by atoms with Gasteiger partial charge in [0.05, 0.1) is 13.2 Å². The minimum absolute atomic E-state index is 0.389. The standard InChI is InChI=1S/C18H40O3Si2/c1-6-7-8-9-10-11-14-22(2,3)21-23(4,5)15-12-13-19-16-18-17-20-18/h18H,6-17H2,1-5H3. The Labute approximate surface area is 146 Å². The normalized spacial score (nSPS) is 18.4. The molecule has 1 heterocycles. The van der Waals surface area contributed by atoms with E-state index >= 15 is 0 Å². The van der Waals surface area contributed by atoms with E-state index in [2.05, 4.69) is 33.1 Å². The highest BCUT2D eigenvalue weighted by molar-refractivity contribution is 6.84.